The van der Waals surface area contributed by atoms with Crippen LogP contribution in [0.3, 0.4) is 0 Å². The van der Waals surface area contributed by atoms with Gasteiger partial charge in [0.25, 0.3) is 0 Å². The molecule has 0 saturated carbocycles. The summed E-state index contributed by atoms with van der Waals surface area (Å²) in [4.78, 5) is 11.0. The molecular formula is C53H107F3O17Si17. The van der Waals surface area contributed by atoms with E-state index in [0.717, 1.165) is 0 Å². The van der Waals surface area contributed by atoms with Crippen LogP contribution in [0.15, 0.2) is 196 Å². The summed E-state index contributed by atoms with van der Waals surface area (Å²) in [6, 6.07) is -0.602. The van der Waals surface area contributed by atoms with Crippen molar-refractivity contribution < 1.29 is 83.8 Å². The summed E-state index contributed by atoms with van der Waals surface area (Å²) in [5.74, 6) is 0. The van der Waals surface area contributed by atoms with Gasteiger partial charge in [0.15, 0.2) is 8.32 Å². The predicted octanol–water partition coefficient (Wildman–Crippen LogP) is 15.2. The van der Waals surface area contributed by atoms with Gasteiger partial charge in [-0.05, 0) is 124 Å². The van der Waals surface area contributed by atoms with Gasteiger partial charge >= 0.3 is 143 Å². The highest BCUT2D eigenvalue weighted by atomic mass is 28.5. The van der Waals surface area contributed by atoms with Crippen LogP contribution in [0.1, 0.15) is 6.42 Å². The Morgan fingerprint density at radius 2 is 0.356 bits per heavy atom. The van der Waals surface area contributed by atoms with Gasteiger partial charge in [-0.2, -0.15) is 13.2 Å². The smallest absolute Gasteiger partial charge is 0.389 e. The fourth-order valence-electron chi connectivity index (χ4n) is 8.62. The molecular weight excluding hydrogens is 1440 g/mol. The van der Waals surface area contributed by atoms with Crippen molar-refractivity contribution in [1.82, 2.24) is 0 Å². The normalized spacial score (nSPS) is 23.0. The molecule has 1 N–H and O–H groups in total. The highest BCUT2D eigenvalue weighted by molar-refractivity contribution is 7.01. The van der Waals surface area contributed by atoms with Crippen LogP contribution in [0.25, 0.3) is 0 Å². The van der Waals surface area contributed by atoms with Crippen LogP contribution in [0.4, 0.5) is 13.2 Å². The van der Waals surface area contributed by atoms with E-state index in [0.29, 0.717) is 0 Å². The molecule has 0 aliphatic carbocycles. The van der Waals surface area contributed by atoms with Crippen LogP contribution in [-0.4, -0.2) is 156 Å². The van der Waals surface area contributed by atoms with Crippen molar-refractivity contribution in [2.45, 2.75) is 136 Å². The van der Waals surface area contributed by atoms with Crippen LogP contribution >= 0.6 is 0 Å². The molecule has 0 saturated heterocycles. The van der Waals surface area contributed by atoms with E-state index in [1.54, 1.807) is 114 Å². The molecule has 0 spiro atoms. The van der Waals surface area contributed by atoms with Gasteiger partial charge in [0.05, 0.1) is 0 Å². The van der Waals surface area contributed by atoms with E-state index in [-0.39, 0.29) is 0 Å². The highest BCUT2D eigenvalue weighted by Gasteiger charge is 2.57. The summed E-state index contributed by atoms with van der Waals surface area (Å²) < 4.78 is 149. The summed E-state index contributed by atoms with van der Waals surface area (Å²) >= 11 is 0. The Morgan fingerprint density at radius 1 is 0.233 bits per heavy atom. The van der Waals surface area contributed by atoms with Crippen LogP contribution in [0.2, 0.25) is 124 Å². The van der Waals surface area contributed by atoms with Gasteiger partial charge in [0, 0.05) is 6.42 Å². The Balaban J connectivity index is 6.98. The van der Waals surface area contributed by atoms with Crippen molar-refractivity contribution in [3.8, 4) is 0 Å². The van der Waals surface area contributed by atoms with Crippen LogP contribution < -0.4 is 0 Å². The Morgan fingerprint density at radius 3 is 0.467 bits per heavy atom. The standard InChI is InChI=1S/C53H107F3O17Si17/c1-35-74(17,18)58-76(20,36-2)60-78(22,38-4)62-80(24,40-6)64-82(26,42-8)66-84(28,44-10)68-86(30,46-12)70-88(32,48-14)72-90(34,50-16)73-89(33,49-15)71-87(31,47-13)69-85(29,45-11)67-83(27,43-9)65-81(25,41-7)63-79(23,39-5)61-77(21,37-3)59-75(19,57)52-51-53(54,55)56/h35-50,57H,1-16,51-52H2,17-34H3. The van der Waals surface area contributed by atoms with E-state index in [4.69, 9.17) is 65.8 Å². The molecule has 0 rings (SSSR count). The molecule has 16 atom stereocenters. The highest BCUT2D eigenvalue weighted by Crippen LogP contribution is 2.37. The first-order valence-corrected chi connectivity index (χ1v) is 70.1. The maximum absolute atomic E-state index is 13.2. The maximum atomic E-state index is 13.2. The van der Waals surface area contributed by atoms with Crippen LogP contribution in [0.5, 0.6) is 0 Å². The van der Waals surface area contributed by atoms with E-state index in [9.17, 15) is 18.0 Å². The monoisotopic (exact) mass is 1550 g/mol. The third-order valence-electron chi connectivity index (χ3n) is 13.5. The van der Waals surface area contributed by atoms with Crippen LogP contribution in [-0.2, 0) is 65.8 Å². The van der Waals surface area contributed by atoms with Crippen molar-refractivity contribution in [2.24, 2.45) is 0 Å². The van der Waals surface area contributed by atoms with Crippen molar-refractivity contribution in [3.63, 3.8) is 0 Å². The second-order valence-electron chi connectivity index (χ2n) is 24.0. The summed E-state index contributed by atoms with van der Waals surface area (Å²) in [7, 11) is -58.6. The summed E-state index contributed by atoms with van der Waals surface area (Å²) in [5, 5.41) is 0. The minimum absolute atomic E-state index is 0.602. The van der Waals surface area contributed by atoms with Crippen LogP contribution in [0, 0.1) is 0 Å². The molecule has 0 aliphatic heterocycles. The molecule has 0 aliphatic rings. The van der Waals surface area contributed by atoms with Gasteiger partial charge in [-0.25, -0.2) is 0 Å². The predicted molar refractivity (Wildman–Crippen MR) is 402 cm³/mol. The van der Waals surface area contributed by atoms with E-state index in [1.807, 2.05) is 71.2 Å². The summed E-state index contributed by atoms with van der Waals surface area (Å²) in [5.41, 5.74) is 25.9. The molecule has 37 heteroatoms. The minimum Gasteiger partial charge on any atom is -0.430 e. The van der Waals surface area contributed by atoms with E-state index < -0.39 is 164 Å². The van der Waals surface area contributed by atoms with Gasteiger partial charge in [-0.3, -0.25) is 0 Å². The summed E-state index contributed by atoms with van der Waals surface area (Å²) in [6.07, 6.45) is -5.71. The molecule has 0 aromatic carbocycles. The second kappa shape index (κ2) is 33.3. The fourth-order valence-corrected chi connectivity index (χ4v) is 81.0. The van der Waals surface area contributed by atoms with Crippen molar-refractivity contribution in [3.05, 3.63) is 196 Å². The molecule has 0 aromatic rings. The number of halogens is 3. The van der Waals surface area contributed by atoms with Gasteiger partial charge in [0.1, 0.15) is 0 Å². The Hall–Kier alpha value is -1.36. The number of hydrogen-bond acceptors (Lipinski definition) is 17. The van der Waals surface area contributed by atoms with Crippen molar-refractivity contribution in [2.75, 3.05) is 0 Å². The molecule has 0 heterocycles. The molecule has 0 radical (unpaired) electrons. The van der Waals surface area contributed by atoms with Gasteiger partial charge in [-0.1, -0.05) is 91.2 Å². The first-order valence-electron chi connectivity index (χ1n) is 28.7. The minimum atomic E-state index is -4.49. The van der Waals surface area contributed by atoms with Crippen molar-refractivity contribution in [1.29, 1.82) is 0 Å². The number of alkyl halides is 3. The SMILES string of the molecule is C=C[Si](C)(C)O[Si](C)(C=C)O[Si](C)(C=C)O[Si](C)(C=C)O[Si](C)(C=C)O[Si](C)(C=C)O[Si](C)(C=C)O[Si](C)(C=C)O[Si](C)(C=C)O[Si](C)(C=C)O[Si](C)(C=C)O[Si](C)(C=C)O[Si](C)(C=C)O[Si](C)(C=C)O[Si](C)(C=C)O[Si](C)(C=C)O[Si](C)(O)CCC(F)(F)F. The van der Waals surface area contributed by atoms with Gasteiger partial charge in [0.2, 0.25) is 0 Å². The lowest BCUT2D eigenvalue weighted by Gasteiger charge is -2.45. The zero-order valence-corrected chi connectivity index (χ0v) is 74.1. The second-order valence-corrected chi connectivity index (χ2v) is 80.2. The maximum Gasteiger partial charge on any atom is 0.389 e. The molecule has 90 heavy (non-hydrogen) atoms. The Bertz CT molecular complexity index is 2680. The quantitative estimate of drug-likeness (QED) is 0.0571. The zero-order valence-electron chi connectivity index (χ0n) is 57.1. The molecule has 17 nitrogen and oxygen atoms in total. The van der Waals surface area contributed by atoms with E-state index in [2.05, 4.69) is 105 Å². The largest absolute Gasteiger partial charge is 0.430 e. The number of hydrogen-bond donors (Lipinski definition) is 1. The Labute approximate surface area is 557 Å². The average Bonchev–Trinajstić information content (AvgIpc) is 0.801. The topological polar surface area (TPSA) is 168 Å². The molecule has 0 aromatic heterocycles. The zero-order chi connectivity index (χ0) is 71.0. The summed E-state index contributed by atoms with van der Waals surface area (Å²) in [6.45, 7) is 97.5. The molecule has 510 valence electrons. The van der Waals surface area contributed by atoms with Gasteiger partial charge in [-0.15, -0.1) is 105 Å². The third kappa shape index (κ3) is 28.4. The molecule has 0 fully saturated rings. The lowest BCUT2D eigenvalue weighted by Crippen LogP contribution is -2.65. The van der Waals surface area contributed by atoms with Gasteiger partial charge < -0.3 is 70.6 Å². The first kappa shape index (κ1) is 88.6. The first-order chi connectivity index (χ1) is 40.5. The molecule has 0 amide bonds. The molecule has 0 bridgehead atoms. The average molecular weight is 1550 g/mol. The van der Waals surface area contributed by atoms with Crippen molar-refractivity contribution >= 4 is 145 Å². The Kier molecular flexibility index (Phi) is 32.8. The van der Waals surface area contributed by atoms with E-state index >= 15 is 0 Å². The lowest BCUT2D eigenvalue weighted by atomic mass is 10.5. The molecule has 16 unspecified atom stereocenters. The van der Waals surface area contributed by atoms with E-state index in [1.165, 1.54) is 23.6 Å². The lowest BCUT2D eigenvalue weighted by molar-refractivity contribution is -0.131. The third-order valence-corrected chi connectivity index (χ3v) is 79.3. The number of rotatable bonds is 50. The fraction of sp³-hybridized carbons (Fsp3) is 0.396.